The van der Waals surface area contributed by atoms with Crippen LogP contribution in [0.1, 0.15) is 6.92 Å². The maximum absolute atomic E-state index is 10.2. The number of ether oxygens (including phenoxy) is 1. The van der Waals surface area contributed by atoms with Crippen LogP contribution in [0.5, 0.6) is 0 Å². The molecule has 0 aliphatic heterocycles. The first-order chi connectivity index (χ1) is 4.27. The standard InChI is InChI=1S/C6H11NO2/c1-3-9-5-4-7-6(2)8/h3H,1,4-5H2,2H3,(H,7,8). The molecule has 0 aromatic rings. The first-order valence-corrected chi connectivity index (χ1v) is 2.74. The summed E-state index contributed by atoms with van der Waals surface area (Å²) in [5.41, 5.74) is 0. The van der Waals surface area contributed by atoms with Gasteiger partial charge in [0.15, 0.2) is 0 Å². The lowest BCUT2D eigenvalue weighted by atomic mass is 10.6. The van der Waals surface area contributed by atoms with Gasteiger partial charge in [0.2, 0.25) is 5.91 Å². The minimum Gasteiger partial charge on any atom is -0.500 e. The van der Waals surface area contributed by atoms with Crippen molar-refractivity contribution in [1.29, 1.82) is 0 Å². The van der Waals surface area contributed by atoms with Crippen LogP contribution >= 0.6 is 0 Å². The van der Waals surface area contributed by atoms with Crippen LogP contribution in [-0.4, -0.2) is 19.1 Å². The molecule has 1 amide bonds. The van der Waals surface area contributed by atoms with E-state index in [9.17, 15) is 4.79 Å². The minimum absolute atomic E-state index is 0.0392. The molecule has 0 rings (SSSR count). The molecular weight excluding hydrogens is 118 g/mol. The molecule has 0 aliphatic rings. The van der Waals surface area contributed by atoms with Crippen LogP contribution in [0.3, 0.4) is 0 Å². The molecule has 0 fully saturated rings. The summed E-state index contributed by atoms with van der Waals surface area (Å²) in [4.78, 5) is 10.2. The fourth-order valence-electron chi connectivity index (χ4n) is 0.369. The number of rotatable bonds is 4. The van der Waals surface area contributed by atoms with Gasteiger partial charge in [-0.05, 0) is 0 Å². The van der Waals surface area contributed by atoms with Gasteiger partial charge in [-0.3, -0.25) is 4.79 Å². The Morgan fingerprint density at radius 1 is 1.89 bits per heavy atom. The van der Waals surface area contributed by atoms with Gasteiger partial charge in [-0.15, -0.1) is 0 Å². The third kappa shape index (κ3) is 7.01. The molecule has 0 atom stereocenters. The van der Waals surface area contributed by atoms with Gasteiger partial charge in [0, 0.05) is 6.92 Å². The SMILES string of the molecule is C=COCCNC(C)=O. The summed E-state index contributed by atoms with van der Waals surface area (Å²) in [5.74, 6) is -0.0392. The van der Waals surface area contributed by atoms with E-state index < -0.39 is 0 Å². The molecule has 0 unspecified atom stereocenters. The normalized spacial score (nSPS) is 8.11. The molecule has 0 heterocycles. The van der Waals surface area contributed by atoms with Gasteiger partial charge < -0.3 is 10.1 Å². The fraction of sp³-hybridized carbons (Fsp3) is 0.500. The van der Waals surface area contributed by atoms with E-state index in [2.05, 4.69) is 11.9 Å². The number of carbonyl (C=O) groups excluding carboxylic acids is 1. The average Bonchev–Trinajstić information content (AvgIpc) is 1.80. The second-order valence-electron chi connectivity index (χ2n) is 1.52. The Morgan fingerprint density at radius 2 is 2.56 bits per heavy atom. The average molecular weight is 129 g/mol. The van der Waals surface area contributed by atoms with Gasteiger partial charge in [0.1, 0.15) is 6.61 Å². The molecule has 9 heavy (non-hydrogen) atoms. The molecule has 0 radical (unpaired) electrons. The molecule has 0 aromatic heterocycles. The highest BCUT2D eigenvalue weighted by Gasteiger charge is 1.86. The van der Waals surface area contributed by atoms with E-state index >= 15 is 0 Å². The molecule has 3 nitrogen and oxygen atoms in total. The molecule has 0 spiro atoms. The summed E-state index contributed by atoms with van der Waals surface area (Å²) in [6.07, 6.45) is 1.35. The number of amides is 1. The number of nitrogens with one attached hydrogen (secondary N) is 1. The van der Waals surface area contributed by atoms with Crippen LogP contribution in [0.25, 0.3) is 0 Å². The molecule has 0 saturated carbocycles. The van der Waals surface area contributed by atoms with Crippen LogP contribution in [0.2, 0.25) is 0 Å². The Balaban J connectivity index is 2.91. The lowest BCUT2D eigenvalue weighted by Crippen LogP contribution is -2.23. The maximum Gasteiger partial charge on any atom is 0.216 e. The van der Waals surface area contributed by atoms with Crippen molar-refractivity contribution in [2.24, 2.45) is 0 Å². The first-order valence-electron chi connectivity index (χ1n) is 2.74. The Kier molecular flexibility index (Phi) is 4.59. The minimum atomic E-state index is -0.0392. The van der Waals surface area contributed by atoms with Crippen molar-refractivity contribution in [1.82, 2.24) is 5.32 Å². The van der Waals surface area contributed by atoms with E-state index in [-0.39, 0.29) is 5.91 Å². The van der Waals surface area contributed by atoms with E-state index in [0.29, 0.717) is 13.2 Å². The summed E-state index contributed by atoms with van der Waals surface area (Å²) >= 11 is 0. The zero-order chi connectivity index (χ0) is 7.11. The Hall–Kier alpha value is -0.990. The molecule has 0 bridgehead atoms. The summed E-state index contributed by atoms with van der Waals surface area (Å²) in [6.45, 7) is 5.84. The quantitative estimate of drug-likeness (QED) is 0.437. The van der Waals surface area contributed by atoms with Crippen LogP contribution in [0.15, 0.2) is 12.8 Å². The topological polar surface area (TPSA) is 38.3 Å². The summed E-state index contributed by atoms with van der Waals surface area (Å²) in [6, 6.07) is 0. The predicted molar refractivity (Wildman–Crippen MR) is 34.8 cm³/mol. The third-order valence-electron chi connectivity index (χ3n) is 0.712. The van der Waals surface area contributed by atoms with Crippen molar-refractivity contribution < 1.29 is 9.53 Å². The second kappa shape index (κ2) is 5.15. The Bertz CT molecular complexity index is 101. The van der Waals surface area contributed by atoms with Crippen LogP contribution < -0.4 is 5.32 Å². The van der Waals surface area contributed by atoms with Crippen molar-refractivity contribution in [3.05, 3.63) is 12.8 Å². The van der Waals surface area contributed by atoms with Crippen LogP contribution in [0.4, 0.5) is 0 Å². The zero-order valence-electron chi connectivity index (χ0n) is 5.52. The van der Waals surface area contributed by atoms with Crippen molar-refractivity contribution in [3.63, 3.8) is 0 Å². The highest BCUT2D eigenvalue weighted by Crippen LogP contribution is 1.70. The molecule has 1 N–H and O–H groups in total. The predicted octanol–water partition coefficient (Wildman–Crippen LogP) is 0.283. The second-order valence-corrected chi connectivity index (χ2v) is 1.52. The van der Waals surface area contributed by atoms with Crippen molar-refractivity contribution in [2.45, 2.75) is 6.92 Å². The molecule has 0 aliphatic carbocycles. The molecule has 52 valence electrons. The van der Waals surface area contributed by atoms with E-state index in [1.807, 2.05) is 0 Å². The third-order valence-corrected chi connectivity index (χ3v) is 0.712. The lowest BCUT2D eigenvalue weighted by Gasteiger charge is -1.99. The summed E-state index contributed by atoms with van der Waals surface area (Å²) in [7, 11) is 0. The van der Waals surface area contributed by atoms with Gasteiger partial charge in [-0.25, -0.2) is 0 Å². The molecule has 3 heteroatoms. The Morgan fingerprint density at radius 3 is 3.00 bits per heavy atom. The maximum atomic E-state index is 10.2. The largest absolute Gasteiger partial charge is 0.500 e. The number of carbonyl (C=O) groups is 1. The van der Waals surface area contributed by atoms with Gasteiger partial charge in [0.25, 0.3) is 0 Å². The molecule has 0 saturated heterocycles. The summed E-state index contributed by atoms with van der Waals surface area (Å²) in [5, 5.41) is 2.57. The van der Waals surface area contributed by atoms with Gasteiger partial charge >= 0.3 is 0 Å². The number of hydrogen-bond acceptors (Lipinski definition) is 2. The van der Waals surface area contributed by atoms with E-state index in [0.717, 1.165) is 0 Å². The lowest BCUT2D eigenvalue weighted by molar-refractivity contribution is -0.119. The Labute approximate surface area is 54.7 Å². The van der Waals surface area contributed by atoms with Crippen LogP contribution in [-0.2, 0) is 9.53 Å². The van der Waals surface area contributed by atoms with Gasteiger partial charge in [-0.2, -0.15) is 0 Å². The highest BCUT2D eigenvalue weighted by molar-refractivity contribution is 5.72. The van der Waals surface area contributed by atoms with Crippen molar-refractivity contribution in [3.8, 4) is 0 Å². The van der Waals surface area contributed by atoms with Gasteiger partial charge in [0.05, 0.1) is 12.8 Å². The van der Waals surface area contributed by atoms with Crippen molar-refractivity contribution in [2.75, 3.05) is 13.2 Å². The van der Waals surface area contributed by atoms with E-state index in [1.54, 1.807) is 0 Å². The fourth-order valence-corrected chi connectivity index (χ4v) is 0.369. The monoisotopic (exact) mass is 129 g/mol. The zero-order valence-corrected chi connectivity index (χ0v) is 5.52. The van der Waals surface area contributed by atoms with E-state index in [4.69, 9.17) is 4.74 Å². The first kappa shape index (κ1) is 8.01. The van der Waals surface area contributed by atoms with Crippen LogP contribution in [0, 0.1) is 0 Å². The number of hydrogen-bond donors (Lipinski definition) is 1. The smallest absolute Gasteiger partial charge is 0.216 e. The van der Waals surface area contributed by atoms with Gasteiger partial charge in [-0.1, -0.05) is 6.58 Å². The van der Waals surface area contributed by atoms with Crippen molar-refractivity contribution >= 4 is 5.91 Å². The molecule has 0 aromatic carbocycles. The highest BCUT2D eigenvalue weighted by atomic mass is 16.5. The summed E-state index contributed by atoms with van der Waals surface area (Å²) < 4.78 is 4.73. The van der Waals surface area contributed by atoms with E-state index in [1.165, 1.54) is 13.2 Å². The molecular formula is C6H11NO2.